The second-order valence-electron chi connectivity index (χ2n) is 7.39. The molecule has 0 atom stereocenters. The summed E-state index contributed by atoms with van der Waals surface area (Å²) in [5.74, 6) is -0.387. The Morgan fingerprint density at radius 2 is 1.87 bits per heavy atom. The predicted molar refractivity (Wildman–Crippen MR) is 115 cm³/mol. The van der Waals surface area contributed by atoms with Gasteiger partial charge in [0.2, 0.25) is 0 Å². The zero-order chi connectivity index (χ0) is 22.0. The van der Waals surface area contributed by atoms with Gasteiger partial charge < -0.3 is 9.15 Å². The number of ether oxygens (including phenoxy) is 1. The highest BCUT2D eigenvalue weighted by atomic mass is 32.2. The van der Waals surface area contributed by atoms with Crippen molar-refractivity contribution in [1.82, 2.24) is 9.55 Å². The summed E-state index contributed by atoms with van der Waals surface area (Å²) in [7, 11) is 1.28. The lowest BCUT2D eigenvalue weighted by Crippen LogP contribution is -2.35. The summed E-state index contributed by atoms with van der Waals surface area (Å²) >= 11 is 1.35. The minimum absolute atomic E-state index is 0.0140. The molecule has 0 unspecified atom stereocenters. The van der Waals surface area contributed by atoms with Crippen LogP contribution in [0.25, 0.3) is 0 Å². The first-order chi connectivity index (χ1) is 14.2. The number of H-pyrrole nitrogens is 1. The van der Waals surface area contributed by atoms with Crippen molar-refractivity contribution < 1.29 is 13.9 Å². The number of nitrogens with zero attached hydrogens (tertiary/aromatic N) is 1. The highest BCUT2D eigenvalue weighted by Crippen LogP contribution is 2.33. The minimum atomic E-state index is -0.566. The van der Waals surface area contributed by atoms with Gasteiger partial charge in [-0.15, -0.1) is 0 Å². The van der Waals surface area contributed by atoms with E-state index in [-0.39, 0.29) is 23.8 Å². The summed E-state index contributed by atoms with van der Waals surface area (Å²) in [5.41, 5.74) is 1.94. The van der Waals surface area contributed by atoms with E-state index in [1.54, 1.807) is 0 Å². The van der Waals surface area contributed by atoms with Gasteiger partial charge in [0.1, 0.15) is 11.3 Å². The van der Waals surface area contributed by atoms with Crippen LogP contribution in [0.15, 0.2) is 54.5 Å². The number of carbonyl (C=O) groups is 1. The second-order valence-corrected chi connectivity index (χ2v) is 8.46. The van der Waals surface area contributed by atoms with Crippen LogP contribution in [-0.4, -0.2) is 22.6 Å². The predicted octanol–water partition coefficient (Wildman–Crippen LogP) is 3.86. The quantitative estimate of drug-likeness (QED) is 0.473. The fourth-order valence-corrected chi connectivity index (χ4v) is 4.74. The molecule has 0 radical (unpaired) electrons. The summed E-state index contributed by atoms with van der Waals surface area (Å²) in [4.78, 5) is 40.7. The van der Waals surface area contributed by atoms with Crippen LogP contribution < -0.4 is 11.2 Å². The van der Waals surface area contributed by atoms with Crippen LogP contribution in [0.2, 0.25) is 0 Å². The van der Waals surface area contributed by atoms with Crippen LogP contribution in [0.3, 0.4) is 0 Å². The summed E-state index contributed by atoms with van der Waals surface area (Å²) in [6.07, 6.45) is 1.37. The molecule has 0 amide bonds. The number of aromatic amines is 1. The molecule has 1 N–H and O–H groups in total. The molecule has 2 aromatic heterocycles. The summed E-state index contributed by atoms with van der Waals surface area (Å²) in [6.45, 7) is 7.78. The van der Waals surface area contributed by atoms with Crippen molar-refractivity contribution in [3.05, 3.63) is 79.4 Å². The highest BCUT2D eigenvalue weighted by molar-refractivity contribution is 7.99. The van der Waals surface area contributed by atoms with Crippen molar-refractivity contribution in [3.63, 3.8) is 0 Å². The van der Waals surface area contributed by atoms with Crippen LogP contribution in [0.5, 0.6) is 0 Å². The number of carbonyl (C=O) groups excluding carboxylic acids is 1. The molecule has 3 aromatic rings. The Morgan fingerprint density at radius 1 is 1.20 bits per heavy atom. The first kappa shape index (κ1) is 21.7. The molecule has 0 fully saturated rings. The van der Waals surface area contributed by atoms with Gasteiger partial charge in [-0.2, -0.15) is 0 Å². The van der Waals surface area contributed by atoms with Crippen molar-refractivity contribution in [2.45, 2.75) is 50.1 Å². The fourth-order valence-electron chi connectivity index (χ4n) is 3.33. The van der Waals surface area contributed by atoms with Crippen LogP contribution in [0, 0.1) is 13.8 Å². The number of methoxy groups -OCH3 is 1. The van der Waals surface area contributed by atoms with E-state index in [4.69, 9.17) is 9.15 Å². The van der Waals surface area contributed by atoms with Crippen LogP contribution in [0.4, 0.5) is 0 Å². The molecule has 7 nitrogen and oxygen atoms in total. The van der Waals surface area contributed by atoms with Gasteiger partial charge in [-0.05, 0) is 49.1 Å². The van der Waals surface area contributed by atoms with E-state index in [0.717, 1.165) is 16.0 Å². The summed E-state index contributed by atoms with van der Waals surface area (Å²) in [6, 6.07) is 7.57. The zero-order valence-corrected chi connectivity index (χ0v) is 18.4. The smallest absolute Gasteiger partial charge is 0.341 e. The molecule has 1 aromatic carbocycles. The van der Waals surface area contributed by atoms with Crippen LogP contribution in [0.1, 0.15) is 52.6 Å². The monoisotopic (exact) mass is 428 g/mol. The Kier molecular flexibility index (Phi) is 6.36. The maximum absolute atomic E-state index is 12.8. The minimum Gasteiger partial charge on any atom is -0.467 e. The third-order valence-corrected chi connectivity index (χ3v) is 5.73. The SMILES string of the molecule is COC(=O)c1ccoc1Cn1c(Sc2cc(C)cc(C)c2)c(C(C)C)c(=O)[nH]c1=O. The lowest BCUT2D eigenvalue weighted by atomic mass is 10.1. The molecule has 0 bridgehead atoms. The molecular formula is C22H24N2O5S. The molecule has 0 saturated carbocycles. The van der Waals surface area contributed by atoms with Crippen LogP contribution >= 0.6 is 11.8 Å². The maximum atomic E-state index is 12.8. The van der Waals surface area contributed by atoms with Gasteiger partial charge in [0.15, 0.2) is 0 Å². The third kappa shape index (κ3) is 4.43. The lowest BCUT2D eigenvalue weighted by Gasteiger charge is -2.17. The molecule has 0 aliphatic rings. The molecule has 3 rings (SSSR count). The van der Waals surface area contributed by atoms with Gasteiger partial charge in [0.25, 0.3) is 5.56 Å². The molecule has 8 heteroatoms. The number of furan rings is 1. The highest BCUT2D eigenvalue weighted by Gasteiger charge is 2.22. The van der Waals surface area contributed by atoms with Gasteiger partial charge in [-0.1, -0.05) is 31.7 Å². The standard InChI is InChI=1S/C22H24N2O5S/c1-12(2)18-19(25)23-22(27)24(11-17-16(6-7-29-17)21(26)28-5)20(18)30-15-9-13(3)8-14(4)10-15/h6-10,12H,11H2,1-5H3,(H,23,25,27). The van der Waals surface area contributed by atoms with E-state index in [2.05, 4.69) is 11.1 Å². The van der Waals surface area contributed by atoms with E-state index in [9.17, 15) is 14.4 Å². The topological polar surface area (TPSA) is 94.3 Å². The van der Waals surface area contributed by atoms with Crippen molar-refractivity contribution in [2.24, 2.45) is 0 Å². The number of esters is 1. The second kappa shape index (κ2) is 8.79. The first-order valence-corrected chi connectivity index (χ1v) is 10.3. The van der Waals surface area contributed by atoms with Crippen molar-refractivity contribution in [2.75, 3.05) is 7.11 Å². The van der Waals surface area contributed by atoms with Gasteiger partial charge in [-0.3, -0.25) is 14.3 Å². The normalized spacial score (nSPS) is 11.1. The maximum Gasteiger partial charge on any atom is 0.341 e. The van der Waals surface area contributed by atoms with Crippen molar-refractivity contribution in [3.8, 4) is 0 Å². The average molecular weight is 429 g/mol. The molecule has 0 aliphatic carbocycles. The van der Waals surface area contributed by atoms with Crippen molar-refractivity contribution in [1.29, 1.82) is 0 Å². The Labute approximate surface area is 178 Å². The van der Waals surface area contributed by atoms with Crippen LogP contribution in [-0.2, 0) is 11.3 Å². The van der Waals surface area contributed by atoms with E-state index < -0.39 is 17.2 Å². The molecule has 0 aliphatic heterocycles. The Bertz CT molecular complexity index is 1180. The number of rotatable bonds is 6. The summed E-state index contributed by atoms with van der Waals surface area (Å²) in [5, 5.41) is 0.524. The molecule has 0 spiro atoms. The van der Waals surface area contributed by atoms with Crippen molar-refractivity contribution >= 4 is 17.7 Å². The Morgan fingerprint density at radius 3 is 2.47 bits per heavy atom. The zero-order valence-electron chi connectivity index (χ0n) is 17.6. The fraction of sp³-hybridized carbons (Fsp3) is 0.318. The van der Waals surface area contributed by atoms with Gasteiger partial charge >= 0.3 is 11.7 Å². The summed E-state index contributed by atoms with van der Waals surface area (Å²) < 4.78 is 11.7. The lowest BCUT2D eigenvalue weighted by molar-refractivity contribution is 0.0598. The Balaban J connectivity index is 2.19. The molecule has 0 saturated heterocycles. The van der Waals surface area contributed by atoms with E-state index in [1.807, 2.05) is 39.8 Å². The number of aryl methyl sites for hydroxylation is 2. The molecule has 30 heavy (non-hydrogen) atoms. The Hall–Kier alpha value is -3.00. The first-order valence-electron chi connectivity index (χ1n) is 9.49. The number of nitrogens with one attached hydrogen (secondary N) is 1. The van der Waals surface area contributed by atoms with E-state index >= 15 is 0 Å². The third-order valence-electron chi connectivity index (χ3n) is 4.63. The number of benzene rings is 1. The van der Waals surface area contributed by atoms with E-state index in [1.165, 1.54) is 35.8 Å². The van der Waals surface area contributed by atoms with Gasteiger partial charge in [0, 0.05) is 4.90 Å². The average Bonchev–Trinajstić information content (AvgIpc) is 3.11. The van der Waals surface area contributed by atoms with Gasteiger partial charge in [-0.25, -0.2) is 9.59 Å². The van der Waals surface area contributed by atoms with E-state index in [0.29, 0.717) is 10.6 Å². The number of hydrogen-bond acceptors (Lipinski definition) is 6. The molecular weight excluding hydrogens is 404 g/mol. The molecule has 2 heterocycles. The van der Waals surface area contributed by atoms with Gasteiger partial charge in [0.05, 0.1) is 30.5 Å². The molecule has 158 valence electrons. The number of aromatic nitrogens is 2. The number of hydrogen-bond donors (Lipinski definition) is 1. The largest absolute Gasteiger partial charge is 0.467 e.